The summed E-state index contributed by atoms with van der Waals surface area (Å²) in [5, 5.41) is 0.455. The number of carbonyl (C=O) groups is 1. The fourth-order valence-corrected chi connectivity index (χ4v) is 1.66. The molecule has 0 saturated heterocycles. The van der Waals surface area contributed by atoms with Crippen LogP contribution in [0.2, 0.25) is 0 Å². The van der Waals surface area contributed by atoms with Gasteiger partial charge in [0.1, 0.15) is 11.3 Å². The van der Waals surface area contributed by atoms with E-state index < -0.39 is 11.8 Å². The molecule has 2 rings (SSSR count). The summed E-state index contributed by atoms with van der Waals surface area (Å²) >= 11 is 0. The Morgan fingerprint density at radius 3 is 2.94 bits per heavy atom. The largest absolute Gasteiger partial charge is 0.462 e. The van der Waals surface area contributed by atoms with Crippen LogP contribution in [0, 0.1) is 12.7 Å². The second-order valence-electron chi connectivity index (χ2n) is 3.37. The van der Waals surface area contributed by atoms with Crippen molar-refractivity contribution in [3.05, 3.63) is 35.3 Å². The lowest BCUT2D eigenvalue weighted by atomic mass is 10.1. The second kappa shape index (κ2) is 3.96. The minimum atomic E-state index is -0.482. The van der Waals surface area contributed by atoms with Gasteiger partial charge in [-0.3, -0.25) is 0 Å². The van der Waals surface area contributed by atoms with E-state index in [-0.39, 0.29) is 12.2 Å². The van der Waals surface area contributed by atoms with Crippen molar-refractivity contribution in [1.82, 2.24) is 0 Å². The van der Waals surface area contributed by atoms with Crippen molar-refractivity contribution in [3.8, 4) is 0 Å². The van der Waals surface area contributed by atoms with E-state index >= 15 is 0 Å². The van der Waals surface area contributed by atoms with E-state index in [0.717, 1.165) is 0 Å². The number of benzene rings is 1. The Hall–Kier alpha value is -1.84. The van der Waals surface area contributed by atoms with Crippen LogP contribution in [0.3, 0.4) is 0 Å². The number of aryl methyl sites for hydroxylation is 1. The van der Waals surface area contributed by atoms with Crippen LogP contribution in [0.1, 0.15) is 23.0 Å². The topological polar surface area (TPSA) is 39.4 Å². The van der Waals surface area contributed by atoms with Gasteiger partial charge in [0.2, 0.25) is 0 Å². The maximum absolute atomic E-state index is 13.4. The number of fused-ring (bicyclic) bond motifs is 1. The normalized spacial score (nSPS) is 10.7. The number of hydrogen-bond donors (Lipinski definition) is 0. The maximum Gasteiger partial charge on any atom is 0.342 e. The number of ether oxygens (including phenoxy) is 1. The Kier molecular flexibility index (Phi) is 2.64. The summed E-state index contributed by atoms with van der Waals surface area (Å²) in [7, 11) is 0. The Labute approximate surface area is 91.8 Å². The third-order valence-electron chi connectivity index (χ3n) is 2.32. The maximum atomic E-state index is 13.4. The van der Waals surface area contributed by atoms with Crippen LogP contribution in [0.4, 0.5) is 4.39 Å². The first-order chi connectivity index (χ1) is 7.65. The molecule has 16 heavy (non-hydrogen) atoms. The van der Waals surface area contributed by atoms with E-state index in [2.05, 4.69) is 0 Å². The van der Waals surface area contributed by atoms with Gasteiger partial charge in [0.15, 0.2) is 11.4 Å². The summed E-state index contributed by atoms with van der Waals surface area (Å²) in [4.78, 5) is 11.6. The lowest BCUT2D eigenvalue weighted by Gasteiger charge is -1.99. The molecule has 0 aliphatic heterocycles. The zero-order valence-corrected chi connectivity index (χ0v) is 9.04. The van der Waals surface area contributed by atoms with Gasteiger partial charge in [-0.2, -0.15) is 0 Å². The SMILES string of the molecule is CCOC(=O)c1c(C)oc2c(F)cccc12. The van der Waals surface area contributed by atoms with Crippen LogP contribution >= 0.6 is 0 Å². The van der Waals surface area contributed by atoms with Crippen molar-refractivity contribution in [2.75, 3.05) is 6.61 Å². The van der Waals surface area contributed by atoms with Gasteiger partial charge in [0, 0.05) is 5.39 Å². The monoisotopic (exact) mass is 222 g/mol. The molecule has 4 heteroatoms. The van der Waals surface area contributed by atoms with Gasteiger partial charge in [-0.05, 0) is 19.9 Å². The van der Waals surface area contributed by atoms with Gasteiger partial charge in [-0.15, -0.1) is 0 Å². The van der Waals surface area contributed by atoms with Crippen molar-refractivity contribution in [2.45, 2.75) is 13.8 Å². The highest BCUT2D eigenvalue weighted by molar-refractivity contribution is 6.04. The first-order valence-electron chi connectivity index (χ1n) is 5.00. The minimum Gasteiger partial charge on any atom is -0.462 e. The second-order valence-corrected chi connectivity index (χ2v) is 3.37. The third-order valence-corrected chi connectivity index (χ3v) is 2.32. The van der Waals surface area contributed by atoms with E-state index in [1.807, 2.05) is 0 Å². The molecule has 0 spiro atoms. The molecule has 0 aliphatic rings. The molecular formula is C12H11FO3. The predicted molar refractivity (Wildman–Crippen MR) is 56.9 cm³/mol. The lowest BCUT2D eigenvalue weighted by Crippen LogP contribution is -2.05. The molecule has 0 fully saturated rings. The molecule has 0 N–H and O–H groups in total. The zero-order valence-electron chi connectivity index (χ0n) is 9.04. The predicted octanol–water partition coefficient (Wildman–Crippen LogP) is 3.06. The van der Waals surface area contributed by atoms with Crippen molar-refractivity contribution >= 4 is 16.9 Å². The average Bonchev–Trinajstić information content (AvgIpc) is 2.56. The van der Waals surface area contributed by atoms with E-state index in [1.54, 1.807) is 19.9 Å². The van der Waals surface area contributed by atoms with Gasteiger partial charge >= 0.3 is 5.97 Å². The molecule has 0 radical (unpaired) electrons. The summed E-state index contributed by atoms with van der Waals surface area (Å²) in [6.07, 6.45) is 0. The Balaban J connectivity index is 2.65. The van der Waals surface area contributed by atoms with Crippen LogP contribution in [0.15, 0.2) is 22.6 Å². The first kappa shape index (κ1) is 10.7. The van der Waals surface area contributed by atoms with Crippen LogP contribution in [-0.4, -0.2) is 12.6 Å². The van der Waals surface area contributed by atoms with E-state index in [4.69, 9.17) is 9.15 Å². The number of para-hydroxylation sites is 1. The highest BCUT2D eigenvalue weighted by Gasteiger charge is 2.20. The third kappa shape index (κ3) is 1.56. The molecule has 0 atom stereocenters. The standard InChI is InChI=1S/C12H11FO3/c1-3-15-12(14)10-7(2)16-11-8(10)5-4-6-9(11)13/h4-6H,3H2,1-2H3. The van der Waals surface area contributed by atoms with Gasteiger partial charge in [-0.25, -0.2) is 9.18 Å². The first-order valence-corrected chi connectivity index (χ1v) is 5.00. The Morgan fingerprint density at radius 2 is 2.25 bits per heavy atom. The highest BCUT2D eigenvalue weighted by Crippen LogP contribution is 2.27. The number of esters is 1. The van der Waals surface area contributed by atoms with Gasteiger partial charge in [0.25, 0.3) is 0 Å². The summed E-state index contributed by atoms with van der Waals surface area (Å²) in [5.74, 6) is -0.584. The quantitative estimate of drug-likeness (QED) is 0.733. The molecule has 1 aromatic carbocycles. The lowest BCUT2D eigenvalue weighted by molar-refractivity contribution is 0.0526. The summed E-state index contributed by atoms with van der Waals surface area (Å²) < 4.78 is 23.5. The fourth-order valence-electron chi connectivity index (χ4n) is 1.66. The van der Waals surface area contributed by atoms with Crippen LogP contribution in [0.25, 0.3) is 11.0 Å². The number of carbonyl (C=O) groups excluding carboxylic acids is 1. The Morgan fingerprint density at radius 1 is 1.50 bits per heavy atom. The minimum absolute atomic E-state index is 0.100. The molecule has 0 saturated carbocycles. The highest BCUT2D eigenvalue weighted by atomic mass is 19.1. The van der Waals surface area contributed by atoms with E-state index in [9.17, 15) is 9.18 Å². The smallest absolute Gasteiger partial charge is 0.342 e. The molecule has 1 aromatic heterocycles. The molecule has 84 valence electrons. The molecule has 0 aliphatic carbocycles. The molecule has 2 aromatic rings. The average molecular weight is 222 g/mol. The van der Waals surface area contributed by atoms with Crippen molar-refractivity contribution in [3.63, 3.8) is 0 Å². The molecule has 1 heterocycles. The van der Waals surface area contributed by atoms with Crippen LogP contribution in [0.5, 0.6) is 0 Å². The number of halogens is 1. The fraction of sp³-hybridized carbons (Fsp3) is 0.250. The zero-order chi connectivity index (χ0) is 11.7. The summed E-state index contributed by atoms with van der Waals surface area (Å²) in [5.41, 5.74) is 0.402. The van der Waals surface area contributed by atoms with Crippen molar-refractivity contribution < 1.29 is 18.3 Å². The molecule has 0 amide bonds. The van der Waals surface area contributed by atoms with Crippen LogP contribution < -0.4 is 0 Å². The number of rotatable bonds is 2. The van der Waals surface area contributed by atoms with Gasteiger partial charge in [0.05, 0.1) is 6.61 Å². The van der Waals surface area contributed by atoms with E-state index in [1.165, 1.54) is 12.1 Å². The molecule has 0 unspecified atom stereocenters. The number of furan rings is 1. The summed E-state index contributed by atoms with van der Waals surface area (Å²) in [6.45, 7) is 3.61. The number of hydrogen-bond acceptors (Lipinski definition) is 3. The molecule has 0 bridgehead atoms. The van der Waals surface area contributed by atoms with Crippen molar-refractivity contribution in [1.29, 1.82) is 0 Å². The van der Waals surface area contributed by atoms with Gasteiger partial charge < -0.3 is 9.15 Å². The van der Waals surface area contributed by atoms with Crippen molar-refractivity contribution in [2.24, 2.45) is 0 Å². The summed E-state index contributed by atoms with van der Waals surface area (Å²) in [6, 6.07) is 4.47. The molecule has 3 nitrogen and oxygen atoms in total. The molecular weight excluding hydrogens is 211 g/mol. The van der Waals surface area contributed by atoms with Crippen LogP contribution in [-0.2, 0) is 4.74 Å². The van der Waals surface area contributed by atoms with E-state index in [0.29, 0.717) is 16.7 Å². The Bertz CT molecular complexity index is 542. The van der Waals surface area contributed by atoms with Gasteiger partial charge in [-0.1, -0.05) is 12.1 Å².